The molecule has 1 aromatic heterocycles. The fraction of sp³-hybridized carbons (Fsp3) is 0.421. The van der Waals surface area contributed by atoms with E-state index in [4.69, 9.17) is 0 Å². The highest BCUT2D eigenvalue weighted by molar-refractivity contribution is 7.91. The normalized spacial score (nSPS) is 18.3. The molecule has 1 N–H and O–H groups in total. The Bertz CT molecular complexity index is 959. The SMILES string of the molecule is CCN(c1nccc(C(=O)Nc2ccc(C)cc2C)n1)C1CCS(=O)(=O)C1. The van der Waals surface area contributed by atoms with Crippen molar-refractivity contribution < 1.29 is 13.2 Å². The maximum atomic E-state index is 12.6. The first-order valence-electron chi connectivity index (χ1n) is 8.98. The van der Waals surface area contributed by atoms with Gasteiger partial charge in [-0.1, -0.05) is 17.7 Å². The molecule has 27 heavy (non-hydrogen) atoms. The molecular formula is C19H24N4O3S. The number of hydrogen-bond acceptors (Lipinski definition) is 6. The zero-order valence-electron chi connectivity index (χ0n) is 15.8. The zero-order chi connectivity index (χ0) is 19.6. The molecule has 1 unspecified atom stereocenters. The van der Waals surface area contributed by atoms with Crippen molar-refractivity contribution in [2.24, 2.45) is 0 Å². The van der Waals surface area contributed by atoms with Crippen LogP contribution in [0.3, 0.4) is 0 Å². The summed E-state index contributed by atoms with van der Waals surface area (Å²) < 4.78 is 23.6. The minimum atomic E-state index is -3.01. The van der Waals surface area contributed by atoms with Crippen LogP contribution < -0.4 is 10.2 Å². The van der Waals surface area contributed by atoms with Crippen LogP contribution in [0.1, 0.15) is 35.0 Å². The van der Waals surface area contributed by atoms with E-state index in [-0.39, 0.29) is 29.1 Å². The van der Waals surface area contributed by atoms with E-state index in [1.165, 1.54) is 6.20 Å². The number of rotatable bonds is 5. The first-order chi connectivity index (χ1) is 12.8. The maximum Gasteiger partial charge on any atom is 0.274 e. The highest BCUT2D eigenvalue weighted by Gasteiger charge is 2.33. The smallest absolute Gasteiger partial charge is 0.274 e. The van der Waals surface area contributed by atoms with Gasteiger partial charge in [-0.05, 0) is 44.9 Å². The first-order valence-corrected chi connectivity index (χ1v) is 10.8. The molecule has 0 radical (unpaired) electrons. The third kappa shape index (κ3) is 4.44. The maximum absolute atomic E-state index is 12.6. The second kappa shape index (κ2) is 7.64. The van der Waals surface area contributed by atoms with Gasteiger partial charge in [-0.15, -0.1) is 0 Å². The summed E-state index contributed by atoms with van der Waals surface area (Å²) >= 11 is 0. The van der Waals surface area contributed by atoms with E-state index in [0.717, 1.165) is 16.8 Å². The van der Waals surface area contributed by atoms with E-state index >= 15 is 0 Å². The van der Waals surface area contributed by atoms with Crippen molar-refractivity contribution in [1.29, 1.82) is 0 Å². The van der Waals surface area contributed by atoms with Crippen LogP contribution in [-0.4, -0.2) is 48.4 Å². The molecule has 0 bridgehead atoms. The van der Waals surface area contributed by atoms with Crippen LogP contribution in [0.2, 0.25) is 0 Å². The molecule has 144 valence electrons. The summed E-state index contributed by atoms with van der Waals surface area (Å²) in [6.07, 6.45) is 2.09. The van der Waals surface area contributed by atoms with E-state index in [0.29, 0.717) is 18.9 Å². The molecular weight excluding hydrogens is 364 g/mol. The van der Waals surface area contributed by atoms with Gasteiger partial charge in [-0.2, -0.15) is 0 Å². The number of anilines is 2. The van der Waals surface area contributed by atoms with Crippen LogP contribution in [0.15, 0.2) is 30.5 Å². The molecule has 8 heteroatoms. The fourth-order valence-corrected chi connectivity index (χ4v) is 5.07. The van der Waals surface area contributed by atoms with Gasteiger partial charge in [0.2, 0.25) is 5.95 Å². The highest BCUT2D eigenvalue weighted by Crippen LogP contribution is 2.22. The summed E-state index contributed by atoms with van der Waals surface area (Å²) in [7, 11) is -3.01. The Balaban J connectivity index is 1.80. The van der Waals surface area contributed by atoms with Crippen LogP contribution in [0.4, 0.5) is 11.6 Å². The van der Waals surface area contributed by atoms with Crippen LogP contribution in [0.5, 0.6) is 0 Å². The van der Waals surface area contributed by atoms with Crippen LogP contribution in [0.25, 0.3) is 0 Å². The number of nitrogens with one attached hydrogen (secondary N) is 1. The molecule has 2 aromatic rings. The summed E-state index contributed by atoms with van der Waals surface area (Å²) in [5, 5.41) is 2.88. The van der Waals surface area contributed by atoms with Gasteiger partial charge in [0.15, 0.2) is 9.84 Å². The Kier molecular flexibility index (Phi) is 5.46. The second-order valence-electron chi connectivity index (χ2n) is 6.86. The van der Waals surface area contributed by atoms with Crippen molar-refractivity contribution in [1.82, 2.24) is 9.97 Å². The third-order valence-corrected chi connectivity index (χ3v) is 6.50. The molecule has 3 rings (SSSR count). The number of sulfone groups is 1. The first kappa shape index (κ1) is 19.3. The molecule has 0 aliphatic carbocycles. The Morgan fingerprint density at radius 2 is 2.07 bits per heavy atom. The van der Waals surface area contributed by atoms with Crippen molar-refractivity contribution >= 4 is 27.4 Å². The Morgan fingerprint density at radius 1 is 1.30 bits per heavy atom. The monoisotopic (exact) mass is 388 g/mol. The lowest BCUT2D eigenvalue weighted by molar-refractivity contribution is 0.102. The van der Waals surface area contributed by atoms with Gasteiger partial charge in [0.25, 0.3) is 5.91 Å². The third-order valence-electron chi connectivity index (χ3n) is 4.75. The van der Waals surface area contributed by atoms with E-state index < -0.39 is 9.84 Å². The molecule has 1 aliphatic rings. The zero-order valence-corrected chi connectivity index (χ0v) is 16.6. The van der Waals surface area contributed by atoms with Crippen molar-refractivity contribution in [2.75, 3.05) is 28.3 Å². The summed E-state index contributed by atoms with van der Waals surface area (Å²) in [4.78, 5) is 23.1. The second-order valence-corrected chi connectivity index (χ2v) is 9.09. The van der Waals surface area contributed by atoms with Gasteiger partial charge < -0.3 is 10.2 Å². The minimum Gasteiger partial charge on any atom is -0.337 e. The van der Waals surface area contributed by atoms with E-state index in [1.807, 2.05) is 43.9 Å². The van der Waals surface area contributed by atoms with Gasteiger partial charge in [-0.25, -0.2) is 18.4 Å². The lowest BCUT2D eigenvalue weighted by atomic mass is 10.1. The van der Waals surface area contributed by atoms with Crippen molar-refractivity contribution in [3.05, 3.63) is 47.3 Å². The van der Waals surface area contributed by atoms with E-state index in [2.05, 4.69) is 15.3 Å². The predicted octanol–water partition coefficient (Wildman–Crippen LogP) is 2.36. The van der Waals surface area contributed by atoms with Gasteiger partial charge in [-0.3, -0.25) is 4.79 Å². The van der Waals surface area contributed by atoms with Gasteiger partial charge >= 0.3 is 0 Å². The van der Waals surface area contributed by atoms with Crippen LogP contribution in [-0.2, 0) is 9.84 Å². The summed E-state index contributed by atoms with van der Waals surface area (Å²) in [6, 6.07) is 7.21. The average molecular weight is 388 g/mol. The number of aryl methyl sites for hydroxylation is 2. The Hall–Kier alpha value is -2.48. The largest absolute Gasteiger partial charge is 0.337 e. The standard InChI is InChI=1S/C19H24N4O3S/c1-4-23(15-8-10-27(25,26)12-15)19-20-9-7-17(22-19)18(24)21-16-6-5-13(2)11-14(16)3/h5-7,9,11,15H,4,8,10,12H2,1-3H3,(H,21,24). The average Bonchev–Trinajstić information content (AvgIpc) is 2.98. The number of hydrogen-bond donors (Lipinski definition) is 1. The van der Waals surface area contributed by atoms with Crippen LogP contribution >= 0.6 is 0 Å². The number of amides is 1. The number of benzene rings is 1. The van der Waals surface area contributed by atoms with Crippen molar-refractivity contribution in [3.63, 3.8) is 0 Å². The van der Waals surface area contributed by atoms with Gasteiger partial charge in [0, 0.05) is 24.5 Å². The highest BCUT2D eigenvalue weighted by atomic mass is 32.2. The molecule has 7 nitrogen and oxygen atoms in total. The lowest BCUT2D eigenvalue weighted by Gasteiger charge is -2.26. The molecule has 1 aliphatic heterocycles. The minimum absolute atomic E-state index is 0.100. The number of carbonyl (C=O) groups is 1. The molecule has 1 amide bonds. The number of nitrogens with zero attached hydrogens (tertiary/aromatic N) is 3. The molecule has 1 saturated heterocycles. The van der Waals surface area contributed by atoms with Crippen molar-refractivity contribution in [2.45, 2.75) is 33.2 Å². The summed E-state index contributed by atoms with van der Waals surface area (Å²) in [5.41, 5.74) is 3.09. The molecule has 0 spiro atoms. The number of aromatic nitrogens is 2. The van der Waals surface area contributed by atoms with Gasteiger partial charge in [0.1, 0.15) is 5.69 Å². The van der Waals surface area contributed by atoms with Gasteiger partial charge in [0.05, 0.1) is 11.5 Å². The van der Waals surface area contributed by atoms with E-state index in [1.54, 1.807) is 6.07 Å². The Morgan fingerprint density at radius 3 is 2.70 bits per heavy atom. The predicted molar refractivity (Wildman–Crippen MR) is 106 cm³/mol. The Labute approximate surface area is 159 Å². The van der Waals surface area contributed by atoms with E-state index in [9.17, 15) is 13.2 Å². The molecule has 1 aromatic carbocycles. The van der Waals surface area contributed by atoms with Crippen molar-refractivity contribution in [3.8, 4) is 0 Å². The number of carbonyl (C=O) groups excluding carboxylic acids is 1. The topological polar surface area (TPSA) is 92.3 Å². The molecule has 1 atom stereocenters. The summed E-state index contributed by atoms with van der Waals surface area (Å²) in [5.74, 6) is 0.345. The molecule has 2 heterocycles. The summed E-state index contributed by atoms with van der Waals surface area (Å²) in [6.45, 7) is 6.43. The van der Waals surface area contributed by atoms with Crippen LogP contribution in [0, 0.1) is 13.8 Å². The quantitative estimate of drug-likeness (QED) is 0.845. The molecule has 0 saturated carbocycles. The fourth-order valence-electron chi connectivity index (χ4n) is 3.34. The molecule has 1 fully saturated rings. The lowest BCUT2D eigenvalue weighted by Crippen LogP contribution is -2.37.